The quantitative estimate of drug-likeness (QED) is 0.892. The standard InChI is InChI=1S/C13H21N3S/c1-9-10(2)16(6-5-14-9)7-12-13(11-3-4-11)15-8-17-12/h8-11,14H,3-7H2,1-2H3. The van der Waals surface area contributed by atoms with Crippen molar-refractivity contribution in [1.29, 1.82) is 0 Å². The predicted octanol–water partition coefficient (Wildman–Crippen LogP) is 2.20. The fourth-order valence-electron chi connectivity index (χ4n) is 2.62. The van der Waals surface area contributed by atoms with Crippen LogP contribution in [-0.4, -0.2) is 35.1 Å². The van der Waals surface area contributed by atoms with Crippen LogP contribution >= 0.6 is 11.3 Å². The molecular weight excluding hydrogens is 230 g/mol. The highest BCUT2D eigenvalue weighted by Crippen LogP contribution is 2.42. The highest BCUT2D eigenvalue weighted by molar-refractivity contribution is 7.09. The maximum atomic E-state index is 4.56. The Morgan fingerprint density at radius 1 is 1.47 bits per heavy atom. The molecule has 0 amide bonds. The van der Waals surface area contributed by atoms with E-state index in [2.05, 4.69) is 29.0 Å². The van der Waals surface area contributed by atoms with Gasteiger partial charge in [-0.3, -0.25) is 4.90 Å². The molecule has 1 aliphatic carbocycles. The second kappa shape index (κ2) is 4.67. The van der Waals surface area contributed by atoms with Crippen molar-refractivity contribution in [3.63, 3.8) is 0 Å². The molecule has 4 heteroatoms. The van der Waals surface area contributed by atoms with Gasteiger partial charge in [0.15, 0.2) is 0 Å². The Balaban J connectivity index is 1.70. The summed E-state index contributed by atoms with van der Waals surface area (Å²) in [6, 6.07) is 1.22. The highest BCUT2D eigenvalue weighted by atomic mass is 32.1. The molecule has 94 valence electrons. The molecule has 0 spiro atoms. The van der Waals surface area contributed by atoms with Gasteiger partial charge < -0.3 is 5.32 Å². The van der Waals surface area contributed by atoms with Crippen molar-refractivity contribution in [2.45, 2.75) is 51.2 Å². The molecule has 3 rings (SSSR count). The van der Waals surface area contributed by atoms with Crippen molar-refractivity contribution in [2.24, 2.45) is 0 Å². The van der Waals surface area contributed by atoms with Crippen LogP contribution in [0.1, 0.15) is 43.2 Å². The average molecular weight is 251 g/mol. The Kier molecular flexibility index (Phi) is 3.19. The van der Waals surface area contributed by atoms with Gasteiger partial charge in [-0.15, -0.1) is 11.3 Å². The zero-order valence-electron chi connectivity index (χ0n) is 10.6. The summed E-state index contributed by atoms with van der Waals surface area (Å²) in [5, 5.41) is 3.54. The van der Waals surface area contributed by atoms with Gasteiger partial charge in [0, 0.05) is 42.5 Å². The van der Waals surface area contributed by atoms with Gasteiger partial charge in [-0.05, 0) is 26.7 Å². The number of hydrogen-bond acceptors (Lipinski definition) is 4. The van der Waals surface area contributed by atoms with Crippen LogP contribution in [0.3, 0.4) is 0 Å². The summed E-state index contributed by atoms with van der Waals surface area (Å²) < 4.78 is 0. The van der Waals surface area contributed by atoms with Gasteiger partial charge in [-0.2, -0.15) is 0 Å². The van der Waals surface area contributed by atoms with E-state index >= 15 is 0 Å². The summed E-state index contributed by atoms with van der Waals surface area (Å²) >= 11 is 1.84. The molecule has 2 unspecified atom stereocenters. The number of nitrogens with one attached hydrogen (secondary N) is 1. The van der Waals surface area contributed by atoms with Crippen molar-refractivity contribution in [3.8, 4) is 0 Å². The Labute approximate surface area is 107 Å². The SMILES string of the molecule is CC1NCCN(Cc2scnc2C2CC2)C1C. The van der Waals surface area contributed by atoms with Crippen LogP contribution in [0, 0.1) is 0 Å². The Hall–Kier alpha value is -0.450. The third-order valence-corrected chi connectivity index (χ3v) is 4.98. The summed E-state index contributed by atoms with van der Waals surface area (Å²) in [7, 11) is 0. The average Bonchev–Trinajstić information content (AvgIpc) is 3.06. The lowest BCUT2D eigenvalue weighted by Gasteiger charge is -2.38. The number of thiazole rings is 1. The maximum Gasteiger partial charge on any atom is 0.0798 e. The monoisotopic (exact) mass is 251 g/mol. The van der Waals surface area contributed by atoms with Gasteiger partial charge in [0.05, 0.1) is 11.2 Å². The first-order valence-corrected chi connectivity index (χ1v) is 7.53. The van der Waals surface area contributed by atoms with E-state index in [4.69, 9.17) is 0 Å². The maximum absolute atomic E-state index is 4.56. The van der Waals surface area contributed by atoms with E-state index in [9.17, 15) is 0 Å². The Morgan fingerprint density at radius 2 is 2.29 bits per heavy atom. The summed E-state index contributed by atoms with van der Waals surface area (Å²) in [5.74, 6) is 0.784. The number of rotatable bonds is 3. The molecule has 1 saturated heterocycles. The Morgan fingerprint density at radius 3 is 3.06 bits per heavy atom. The first-order chi connectivity index (χ1) is 8.25. The summed E-state index contributed by atoms with van der Waals surface area (Å²) in [6.45, 7) is 7.99. The molecule has 2 heterocycles. The second-order valence-electron chi connectivity index (χ2n) is 5.39. The van der Waals surface area contributed by atoms with Crippen molar-refractivity contribution in [3.05, 3.63) is 16.1 Å². The minimum absolute atomic E-state index is 0.598. The number of piperazine rings is 1. The molecule has 2 atom stereocenters. The van der Waals surface area contributed by atoms with Crippen LogP contribution < -0.4 is 5.32 Å². The van der Waals surface area contributed by atoms with Crippen molar-refractivity contribution in [1.82, 2.24) is 15.2 Å². The first kappa shape index (κ1) is 11.6. The molecular formula is C13H21N3S. The molecule has 0 bridgehead atoms. The van der Waals surface area contributed by atoms with Crippen LogP contribution in [0.15, 0.2) is 5.51 Å². The van der Waals surface area contributed by atoms with Crippen molar-refractivity contribution in [2.75, 3.05) is 13.1 Å². The second-order valence-corrected chi connectivity index (χ2v) is 6.33. The van der Waals surface area contributed by atoms with Crippen molar-refractivity contribution < 1.29 is 0 Å². The zero-order chi connectivity index (χ0) is 11.8. The van der Waals surface area contributed by atoms with Gasteiger partial charge in [-0.1, -0.05) is 0 Å². The highest BCUT2D eigenvalue weighted by Gasteiger charge is 2.30. The molecule has 0 aromatic carbocycles. The van der Waals surface area contributed by atoms with Crippen molar-refractivity contribution >= 4 is 11.3 Å². The van der Waals surface area contributed by atoms with E-state index in [0.717, 1.165) is 25.6 Å². The van der Waals surface area contributed by atoms with Gasteiger partial charge in [0.1, 0.15) is 0 Å². The van der Waals surface area contributed by atoms with Gasteiger partial charge in [0.25, 0.3) is 0 Å². The lowest BCUT2D eigenvalue weighted by Crippen LogP contribution is -2.54. The lowest BCUT2D eigenvalue weighted by molar-refractivity contribution is 0.131. The third kappa shape index (κ3) is 2.39. The summed E-state index contributed by atoms with van der Waals surface area (Å²) in [5.41, 5.74) is 3.42. The van der Waals surface area contributed by atoms with E-state index in [0.29, 0.717) is 12.1 Å². The molecule has 1 aromatic heterocycles. The van der Waals surface area contributed by atoms with Crippen LogP contribution in [0.2, 0.25) is 0 Å². The largest absolute Gasteiger partial charge is 0.311 e. The van der Waals surface area contributed by atoms with Gasteiger partial charge in [0.2, 0.25) is 0 Å². The molecule has 1 aromatic rings. The first-order valence-electron chi connectivity index (χ1n) is 6.65. The summed E-state index contributed by atoms with van der Waals surface area (Å²) in [6.07, 6.45) is 2.70. The predicted molar refractivity (Wildman–Crippen MR) is 71.4 cm³/mol. The summed E-state index contributed by atoms with van der Waals surface area (Å²) in [4.78, 5) is 8.67. The molecule has 1 aliphatic heterocycles. The molecule has 3 nitrogen and oxygen atoms in total. The topological polar surface area (TPSA) is 28.2 Å². The molecule has 17 heavy (non-hydrogen) atoms. The molecule has 1 saturated carbocycles. The van der Waals surface area contributed by atoms with E-state index in [1.807, 2.05) is 16.8 Å². The lowest BCUT2D eigenvalue weighted by atomic mass is 10.1. The number of aromatic nitrogens is 1. The smallest absolute Gasteiger partial charge is 0.0798 e. The normalized spacial score (nSPS) is 30.7. The van der Waals surface area contributed by atoms with E-state index in [1.54, 1.807) is 0 Å². The molecule has 0 radical (unpaired) electrons. The molecule has 2 fully saturated rings. The number of nitrogens with zero attached hydrogens (tertiary/aromatic N) is 2. The number of hydrogen-bond donors (Lipinski definition) is 1. The minimum Gasteiger partial charge on any atom is -0.311 e. The molecule has 2 aliphatic rings. The van der Waals surface area contributed by atoms with Gasteiger partial charge >= 0.3 is 0 Å². The van der Waals surface area contributed by atoms with E-state index in [-0.39, 0.29) is 0 Å². The van der Waals surface area contributed by atoms with Crippen LogP contribution in [0.4, 0.5) is 0 Å². The Bertz CT molecular complexity index is 386. The fourth-order valence-corrected chi connectivity index (χ4v) is 3.49. The van der Waals surface area contributed by atoms with Crippen LogP contribution in [0.25, 0.3) is 0 Å². The fraction of sp³-hybridized carbons (Fsp3) is 0.769. The minimum atomic E-state index is 0.598. The van der Waals surface area contributed by atoms with Gasteiger partial charge in [-0.25, -0.2) is 4.98 Å². The van der Waals surface area contributed by atoms with Crippen LogP contribution in [-0.2, 0) is 6.54 Å². The van der Waals surface area contributed by atoms with E-state index in [1.165, 1.54) is 23.4 Å². The van der Waals surface area contributed by atoms with Crippen LogP contribution in [0.5, 0.6) is 0 Å². The third-order valence-electron chi connectivity index (χ3n) is 4.15. The molecule has 1 N–H and O–H groups in total. The zero-order valence-corrected chi connectivity index (χ0v) is 11.5. The van der Waals surface area contributed by atoms with E-state index < -0.39 is 0 Å².